The van der Waals surface area contributed by atoms with Gasteiger partial charge in [-0.3, -0.25) is 9.36 Å². The Bertz CT molecular complexity index is 1390. The highest BCUT2D eigenvalue weighted by Crippen LogP contribution is 2.21. The lowest BCUT2D eigenvalue weighted by molar-refractivity contribution is 0.655. The van der Waals surface area contributed by atoms with Crippen LogP contribution >= 0.6 is 11.6 Å². The molecule has 2 aromatic heterocycles. The fourth-order valence-corrected chi connectivity index (χ4v) is 3.60. The van der Waals surface area contributed by atoms with Crippen molar-refractivity contribution in [3.8, 4) is 11.8 Å². The number of nitrogens with zero attached hydrogens (tertiary/aromatic N) is 5. The van der Waals surface area contributed by atoms with Gasteiger partial charge in [0.25, 0.3) is 5.56 Å². The van der Waals surface area contributed by atoms with Crippen molar-refractivity contribution in [1.29, 1.82) is 5.26 Å². The summed E-state index contributed by atoms with van der Waals surface area (Å²) in [7, 11) is 0. The maximum Gasteiger partial charge on any atom is 0.337 e. The van der Waals surface area contributed by atoms with E-state index < -0.39 is 11.2 Å². The van der Waals surface area contributed by atoms with Crippen molar-refractivity contribution in [2.24, 2.45) is 0 Å². The fraction of sp³-hybridized carbons (Fsp3) is 0.143. The van der Waals surface area contributed by atoms with Crippen LogP contribution in [-0.4, -0.2) is 18.7 Å². The molecule has 0 unspecified atom stereocenters. The summed E-state index contributed by atoms with van der Waals surface area (Å²) in [6.07, 6.45) is 1.51. The molecule has 29 heavy (non-hydrogen) atoms. The Balaban J connectivity index is 2.03. The van der Waals surface area contributed by atoms with Gasteiger partial charge in [-0.25, -0.2) is 14.3 Å². The van der Waals surface area contributed by atoms with E-state index in [2.05, 4.69) is 11.1 Å². The van der Waals surface area contributed by atoms with Crippen LogP contribution in [-0.2, 0) is 13.1 Å². The van der Waals surface area contributed by atoms with Gasteiger partial charge in [0, 0.05) is 6.54 Å². The van der Waals surface area contributed by atoms with Gasteiger partial charge in [-0.1, -0.05) is 41.9 Å². The van der Waals surface area contributed by atoms with E-state index in [0.717, 1.165) is 10.1 Å². The van der Waals surface area contributed by atoms with E-state index in [-0.39, 0.29) is 24.3 Å². The summed E-state index contributed by atoms with van der Waals surface area (Å²) in [5, 5.41) is 9.73. The van der Waals surface area contributed by atoms with Crippen LogP contribution in [0.3, 0.4) is 0 Å². The van der Waals surface area contributed by atoms with Gasteiger partial charge < -0.3 is 4.57 Å². The number of nitriles is 1. The molecule has 0 aliphatic carbocycles. The quantitative estimate of drug-likeness (QED) is 0.522. The maximum atomic E-state index is 13.1. The van der Waals surface area contributed by atoms with Crippen molar-refractivity contribution in [3.63, 3.8) is 0 Å². The van der Waals surface area contributed by atoms with Crippen molar-refractivity contribution in [2.75, 3.05) is 0 Å². The number of halogens is 1. The van der Waals surface area contributed by atoms with E-state index >= 15 is 0 Å². The van der Waals surface area contributed by atoms with E-state index in [1.54, 1.807) is 47.9 Å². The summed E-state index contributed by atoms with van der Waals surface area (Å²) in [5.41, 5.74) is 1.31. The lowest BCUT2D eigenvalue weighted by Crippen LogP contribution is -2.39. The molecular formula is C21H16ClN5O2. The molecule has 0 fully saturated rings. The second kappa shape index (κ2) is 7.41. The van der Waals surface area contributed by atoms with Crippen molar-refractivity contribution in [1.82, 2.24) is 18.7 Å². The molecule has 0 bridgehead atoms. The third-order valence-electron chi connectivity index (χ3n) is 4.79. The topological polar surface area (TPSA) is 85.6 Å². The number of para-hydroxylation sites is 1. The van der Waals surface area contributed by atoms with Crippen LogP contribution in [0.2, 0.25) is 5.02 Å². The number of imidazole rings is 1. The minimum absolute atomic E-state index is 0.206. The van der Waals surface area contributed by atoms with E-state index in [1.807, 2.05) is 12.1 Å². The van der Waals surface area contributed by atoms with Crippen LogP contribution in [0.25, 0.3) is 16.9 Å². The van der Waals surface area contributed by atoms with Crippen molar-refractivity contribution in [3.05, 3.63) is 91.8 Å². The second-order valence-corrected chi connectivity index (χ2v) is 6.84. The molecule has 2 heterocycles. The minimum Gasteiger partial charge on any atom is -0.320 e. The monoisotopic (exact) mass is 405 g/mol. The molecule has 2 aromatic carbocycles. The number of benzene rings is 2. The zero-order valence-electron chi connectivity index (χ0n) is 15.5. The van der Waals surface area contributed by atoms with Crippen LogP contribution in [0.15, 0.2) is 64.4 Å². The maximum absolute atomic E-state index is 13.1. The van der Waals surface area contributed by atoms with Gasteiger partial charge in [-0.05, 0) is 30.7 Å². The van der Waals surface area contributed by atoms with Crippen LogP contribution in [0.5, 0.6) is 0 Å². The van der Waals surface area contributed by atoms with Crippen molar-refractivity contribution in [2.45, 2.75) is 20.0 Å². The molecule has 0 aliphatic rings. The van der Waals surface area contributed by atoms with Gasteiger partial charge >= 0.3 is 5.69 Å². The first-order valence-corrected chi connectivity index (χ1v) is 9.38. The molecule has 0 saturated heterocycles. The zero-order valence-corrected chi connectivity index (χ0v) is 16.3. The van der Waals surface area contributed by atoms with Crippen LogP contribution in [0.1, 0.15) is 18.1 Å². The molecule has 8 heteroatoms. The summed E-state index contributed by atoms with van der Waals surface area (Å²) in [6.45, 7) is 2.22. The molecule has 7 nitrogen and oxygen atoms in total. The van der Waals surface area contributed by atoms with Gasteiger partial charge in [0.05, 0.1) is 35.2 Å². The summed E-state index contributed by atoms with van der Waals surface area (Å²) < 4.78 is 4.17. The van der Waals surface area contributed by atoms with E-state index in [4.69, 9.17) is 11.6 Å². The van der Waals surface area contributed by atoms with Gasteiger partial charge in [-0.15, -0.1) is 0 Å². The number of rotatable bonds is 4. The highest BCUT2D eigenvalue weighted by molar-refractivity contribution is 6.32. The molecular weight excluding hydrogens is 390 g/mol. The second-order valence-electron chi connectivity index (χ2n) is 6.43. The SMILES string of the molecule is CCn1c(=O)c2c(ncn2Cc2ccccc2C#N)n(-c2ccccc2Cl)c1=O. The average molecular weight is 406 g/mol. The first-order valence-electron chi connectivity index (χ1n) is 9.00. The van der Waals surface area contributed by atoms with E-state index in [0.29, 0.717) is 16.3 Å². The molecule has 0 spiro atoms. The number of fused-ring (bicyclic) bond motifs is 1. The largest absolute Gasteiger partial charge is 0.337 e. The van der Waals surface area contributed by atoms with Gasteiger partial charge in [0.15, 0.2) is 11.2 Å². The van der Waals surface area contributed by atoms with Crippen LogP contribution in [0.4, 0.5) is 0 Å². The van der Waals surface area contributed by atoms with Crippen molar-refractivity contribution < 1.29 is 0 Å². The minimum atomic E-state index is -0.499. The molecule has 0 radical (unpaired) electrons. The molecule has 4 aromatic rings. The third kappa shape index (κ3) is 3.04. The zero-order chi connectivity index (χ0) is 20.5. The summed E-state index contributed by atoms with van der Waals surface area (Å²) in [4.78, 5) is 30.5. The van der Waals surface area contributed by atoms with Gasteiger partial charge in [0.1, 0.15) is 0 Å². The Morgan fingerprint density at radius 2 is 1.83 bits per heavy atom. The normalized spacial score (nSPS) is 10.9. The predicted molar refractivity (Wildman–Crippen MR) is 111 cm³/mol. The lowest BCUT2D eigenvalue weighted by Gasteiger charge is -2.13. The van der Waals surface area contributed by atoms with Crippen molar-refractivity contribution >= 4 is 22.8 Å². The van der Waals surface area contributed by atoms with E-state index in [1.165, 1.54) is 10.9 Å². The standard InChI is InChI=1S/C21H16ClN5O2/c1-2-26-20(28)18-19(27(21(26)29)17-10-6-5-9-16(17)22)24-13-25(18)12-15-8-4-3-7-14(15)11-23/h3-10,13H,2,12H2,1H3. The smallest absolute Gasteiger partial charge is 0.320 e. The average Bonchev–Trinajstić information content (AvgIpc) is 3.13. The first kappa shape index (κ1) is 18.7. The lowest BCUT2D eigenvalue weighted by atomic mass is 10.1. The van der Waals surface area contributed by atoms with Gasteiger partial charge in [0.2, 0.25) is 0 Å². The number of hydrogen-bond donors (Lipinski definition) is 0. The van der Waals surface area contributed by atoms with Crippen LogP contribution < -0.4 is 11.2 Å². The molecule has 0 aliphatic heterocycles. The molecule has 144 valence electrons. The highest BCUT2D eigenvalue weighted by atomic mass is 35.5. The Kier molecular flexibility index (Phi) is 4.79. The molecule has 0 atom stereocenters. The number of hydrogen-bond acceptors (Lipinski definition) is 4. The van der Waals surface area contributed by atoms with E-state index in [9.17, 15) is 14.9 Å². The molecule has 0 saturated carbocycles. The first-order chi connectivity index (χ1) is 14.1. The Morgan fingerprint density at radius 3 is 2.55 bits per heavy atom. The fourth-order valence-electron chi connectivity index (χ4n) is 3.38. The third-order valence-corrected chi connectivity index (χ3v) is 5.11. The molecule has 0 N–H and O–H groups in total. The highest BCUT2D eigenvalue weighted by Gasteiger charge is 2.20. The molecule has 0 amide bonds. The number of aromatic nitrogens is 4. The predicted octanol–water partition coefficient (Wildman–Crippen LogP) is 2.94. The summed E-state index contributed by atoms with van der Waals surface area (Å²) in [6, 6.07) is 16.2. The molecule has 4 rings (SSSR count). The summed E-state index contributed by atoms with van der Waals surface area (Å²) in [5.74, 6) is 0. The summed E-state index contributed by atoms with van der Waals surface area (Å²) >= 11 is 6.32. The Labute approximate surface area is 170 Å². The Hall–Kier alpha value is -3.63. The Morgan fingerprint density at radius 1 is 1.10 bits per heavy atom. The van der Waals surface area contributed by atoms with Gasteiger partial charge in [-0.2, -0.15) is 5.26 Å². The van der Waals surface area contributed by atoms with Crippen LogP contribution in [0, 0.1) is 11.3 Å².